The van der Waals surface area contributed by atoms with Gasteiger partial charge >= 0.3 is 0 Å². The molecule has 0 amide bonds. The van der Waals surface area contributed by atoms with Crippen molar-refractivity contribution in [2.24, 2.45) is 0 Å². The molecule has 0 aliphatic carbocycles. The van der Waals surface area contributed by atoms with E-state index in [1.54, 1.807) is 0 Å². The molecule has 94 valence electrons. The molecule has 2 aromatic rings. The number of anilines is 2. The standard InChI is InChI=1S/C15H17BrN2/c1-2-18(14-6-4-3-5-7-14)11-12-8-9-13(16)10-15(12)17/h3-10H,2,11,17H2,1H3. The summed E-state index contributed by atoms with van der Waals surface area (Å²) in [5.74, 6) is 0. The maximum Gasteiger partial charge on any atom is 0.0449 e. The van der Waals surface area contributed by atoms with Crippen molar-refractivity contribution in [3.63, 3.8) is 0 Å². The van der Waals surface area contributed by atoms with Gasteiger partial charge in [-0.05, 0) is 36.8 Å². The number of hydrogen-bond acceptors (Lipinski definition) is 2. The normalized spacial score (nSPS) is 10.3. The zero-order valence-corrected chi connectivity index (χ0v) is 12.0. The second kappa shape index (κ2) is 5.91. The van der Waals surface area contributed by atoms with E-state index in [-0.39, 0.29) is 0 Å². The lowest BCUT2D eigenvalue weighted by atomic mass is 10.1. The largest absolute Gasteiger partial charge is 0.398 e. The second-order valence-electron chi connectivity index (χ2n) is 4.19. The highest BCUT2D eigenvalue weighted by Gasteiger charge is 2.07. The Labute approximate surface area is 117 Å². The van der Waals surface area contributed by atoms with Crippen LogP contribution in [0.25, 0.3) is 0 Å². The molecule has 18 heavy (non-hydrogen) atoms. The molecule has 0 saturated heterocycles. The van der Waals surface area contributed by atoms with Crippen molar-refractivity contribution in [2.45, 2.75) is 13.5 Å². The molecule has 0 fully saturated rings. The molecule has 2 N–H and O–H groups in total. The summed E-state index contributed by atoms with van der Waals surface area (Å²) in [7, 11) is 0. The molecular formula is C15H17BrN2. The van der Waals surface area contributed by atoms with Crippen molar-refractivity contribution in [1.82, 2.24) is 0 Å². The van der Waals surface area contributed by atoms with E-state index in [0.29, 0.717) is 0 Å². The molecule has 2 rings (SSSR count). The summed E-state index contributed by atoms with van der Waals surface area (Å²) >= 11 is 3.43. The molecule has 0 unspecified atom stereocenters. The van der Waals surface area contributed by atoms with Crippen LogP contribution < -0.4 is 10.6 Å². The van der Waals surface area contributed by atoms with Crippen molar-refractivity contribution in [3.8, 4) is 0 Å². The van der Waals surface area contributed by atoms with E-state index in [4.69, 9.17) is 5.73 Å². The minimum absolute atomic E-state index is 0.832. The Hall–Kier alpha value is -1.48. The Morgan fingerprint density at radius 3 is 2.44 bits per heavy atom. The van der Waals surface area contributed by atoms with E-state index in [9.17, 15) is 0 Å². The number of benzene rings is 2. The minimum Gasteiger partial charge on any atom is -0.398 e. The van der Waals surface area contributed by atoms with Crippen molar-refractivity contribution >= 4 is 27.3 Å². The number of para-hydroxylation sites is 1. The predicted molar refractivity (Wildman–Crippen MR) is 81.7 cm³/mol. The fourth-order valence-corrected chi connectivity index (χ4v) is 2.32. The van der Waals surface area contributed by atoms with Gasteiger partial charge in [0.25, 0.3) is 0 Å². The van der Waals surface area contributed by atoms with E-state index < -0.39 is 0 Å². The van der Waals surface area contributed by atoms with Crippen LogP contribution in [0.1, 0.15) is 12.5 Å². The van der Waals surface area contributed by atoms with Gasteiger partial charge in [0.2, 0.25) is 0 Å². The number of nitrogens with two attached hydrogens (primary N) is 1. The number of rotatable bonds is 4. The quantitative estimate of drug-likeness (QED) is 0.863. The average molecular weight is 305 g/mol. The molecule has 2 aromatic carbocycles. The number of hydrogen-bond donors (Lipinski definition) is 1. The van der Waals surface area contributed by atoms with Crippen LogP contribution in [0, 0.1) is 0 Å². The number of nitrogens with zero attached hydrogens (tertiary/aromatic N) is 1. The van der Waals surface area contributed by atoms with Gasteiger partial charge < -0.3 is 10.6 Å². The van der Waals surface area contributed by atoms with E-state index in [1.165, 1.54) is 5.69 Å². The summed E-state index contributed by atoms with van der Waals surface area (Å²) in [5.41, 5.74) is 9.26. The first-order valence-corrected chi connectivity index (χ1v) is 6.84. The second-order valence-corrected chi connectivity index (χ2v) is 5.11. The van der Waals surface area contributed by atoms with E-state index >= 15 is 0 Å². The molecule has 3 heteroatoms. The first-order valence-electron chi connectivity index (χ1n) is 6.04. The third kappa shape index (κ3) is 3.05. The summed E-state index contributed by atoms with van der Waals surface area (Å²) < 4.78 is 1.02. The van der Waals surface area contributed by atoms with Gasteiger partial charge in [-0.2, -0.15) is 0 Å². The molecule has 0 aliphatic rings. The Balaban J connectivity index is 2.21. The first-order chi connectivity index (χ1) is 8.70. The zero-order valence-electron chi connectivity index (χ0n) is 10.4. The van der Waals surface area contributed by atoms with Gasteiger partial charge in [-0.1, -0.05) is 40.2 Å². The van der Waals surface area contributed by atoms with Crippen LogP contribution in [0.5, 0.6) is 0 Å². The molecule has 0 atom stereocenters. The van der Waals surface area contributed by atoms with Crippen molar-refractivity contribution < 1.29 is 0 Å². The lowest BCUT2D eigenvalue weighted by Gasteiger charge is -2.24. The zero-order chi connectivity index (χ0) is 13.0. The third-order valence-electron chi connectivity index (χ3n) is 2.97. The Kier molecular flexibility index (Phi) is 4.26. The summed E-state index contributed by atoms with van der Waals surface area (Å²) in [4.78, 5) is 2.31. The Bertz CT molecular complexity index is 511. The summed E-state index contributed by atoms with van der Waals surface area (Å²) in [6.07, 6.45) is 0. The minimum atomic E-state index is 0.832. The maximum absolute atomic E-state index is 6.05. The molecule has 0 saturated carbocycles. The van der Waals surface area contributed by atoms with Crippen LogP contribution in [-0.2, 0) is 6.54 Å². The monoisotopic (exact) mass is 304 g/mol. The molecule has 2 nitrogen and oxygen atoms in total. The van der Waals surface area contributed by atoms with Crippen LogP contribution in [0.15, 0.2) is 53.0 Å². The van der Waals surface area contributed by atoms with Crippen molar-refractivity contribution in [2.75, 3.05) is 17.2 Å². The van der Waals surface area contributed by atoms with E-state index in [1.807, 2.05) is 18.2 Å². The number of halogens is 1. The predicted octanol–water partition coefficient (Wildman–Crippen LogP) is 4.06. The third-order valence-corrected chi connectivity index (χ3v) is 3.47. The highest BCUT2D eigenvalue weighted by atomic mass is 79.9. The van der Waals surface area contributed by atoms with Gasteiger partial charge in [0.15, 0.2) is 0 Å². The van der Waals surface area contributed by atoms with E-state index in [0.717, 1.165) is 28.8 Å². The van der Waals surface area contributed by atoms with Gasteiger partial charge in [-0.15, -0.1) is 0 Å². The van der Waals surface area contributed by atoms with Gasteiger partial charge in [0, 0.05) is 28.9 Å². The topological polar surface area (TPSA) is 29.3 Å². The molecule has 0 heterocycles. The fourth-order valence-electron chi connectivity index (χ4n) is 1.94. The van der Waals surface area contributed by atoms with Crippen LogP contribution in [0.3, 0.4) is 0 Å². The Morgan fingerprint density at radius 1 is 1.11 bits per heavy atom. The summed E-state index contributed by atoms with van der Waals surface area (Å²) in [6, 6.07) is 16.5. The lowest BCUT2D eigenvalue weighted by molar-refractivity contribution is 0.833. The van der Waals surface area contributed by atoms with Crippen LogP contribution >= 0.6 is 15.9 Å². The summed E-state index contributed by atoms with van der Waals surface area (Å²) in [6.45, 7) is 3.95. The SMILES string of the molecule is CCN(Cc1ccc(Br)cc1N)c1ccccc1. The van der Waals surface area contributed by atoms with Crippen LogP contribution in [0.2, 0.25) is 0 Å². The fraction of sp³-hybridized carbons (Fsp3) is 0.200. The van der Waals surface area contributed by atoms with Gasteiger partial charge in [0.1, 0.15) is 0 Å². The van der Waals surface area contributed by atoms with Crippen molar-refractivity contribution in [3.05, 3.63) is 58.6 Å². The first kappa shape index (κ1) is 13.0. The molecular weight excluding hydrogens is 288 g/mol. The molecule has 0 spiro atoms. The molecule has 0 aromatic heterocycles. The maximum atomic E-state index is 6.05. The van der Waals surface area contributed by atoms with Crippen LogP contribution in [0.4, 0.5) is 11.4 Å². The van der Waals surface area contributed by atoms with Crippen molar-refractivity contribution in [1.29, 1.82) is 0 Å². The lowest BCUT2D eigenvalue weighted by Crippen LogP contribution is -2.22. The molecule has 0 aliphatic heterocycles. The summed E-state index contributed by atoms with van der Waals surface area (Å²) in [5, 5.41) is 0. The molecule has 0 bridgehead atoms. The highest BCUT2D eigenvalue weighted by molar-refractivity contribution is 9.10. The van der Waals surface area contributed by atoms with Gasteiger partial charge in [0.05, 0.1) is 0 Å². The van der Waals surface area contributed by atoms with Crippen LogP contribution in [-0.4, -0.2) is 6.54 Å². The Morgan fingerprint density at radius 2 is 1.83 bits per heavy atom. The highest BCUT2D eigenvalue weighted by Crippen LogP contribution is 2.22. The number of nitrogen functional groups attached to an aromatic ring is 1. The van der Waals surface area contributed by atoms with Gasteiger partial charge in [-0.3, -0.25) is 0 Å². The molecule has 0 radical (unpaired) electrons. The smallest absolute Gasteiger partial charge is 0.0449 e. The van der Waals surface area contributed by atoms with E-state index in [2.05, 4.69) is 58.1 Å². The van der Waals surface area contributed by atoms with Gasteiger partial charge in [-0.25, -0.2) is 0 Å². The average Bonchev–Trinajstić information content (AvgIpc) is 2.39.